The summed E-state index contributed by atoms with van der Waals surface area (Å²) in [4.78, 5) is 11.9. The number of carbonyl (C=O) groups is 1. The van der Waals surface area contributed by atoms with Crippen LogP contribution in [0, 0.1) is 6.92 Å². The number of ether oxygens (including phenoxy) is 1. The molecule has 1 unspecified atom stereocenters. The molecule has 1 rings (SSSR count). The third-order valence-electron chi connectivity index (χ3n) is 3.01. The third-order valence-corrected chi connectivity index (χ3v) is 3.01. The van der Waals surface area contributed by atoms with Crippen LogP contribution in [-0.4, -0.2) is 25.7 Å². The zero-order valence-electron chi connectivity index (χ0n) is 11.7. The number of benzene rings is 1. The summed E-state index contributed by atoms with van der Waals surface area (Å²) in [5.74, 6) is -0.0590. The maximum absolute atomic E-state index is 11.9. The first-order chi connectivity index (χ1) is 8.62. The normalized spacial score (nSPS) is 11.6. The Kier molecular flexibility index (Phi) is 8.39. The molecule has 0 saturated carbocycles. The quantitative estimate of drug-likeness (QED) is 0.843. The van der Waals surface area contributed by atoms with Crippen LogP contribution in [0.2, 0.25) is 0 Å². The molecule has 3 N–H and O–H groups in total. The lowest BCUT2D eigenvalue weighted by Crippen LogP contribution is -2.28. The lowest BCUT2D eigenvalue weighted by Gasteiger charge is -2.16. The molecule has 0 aliphatic heterocycles. The van der Waals surface area contributed by atoms with Crippen molar-refractivity contribution in [1.29, 1.82) is 0 Å². The van der Waals surface area contributed by atoms with Gasteiger partial charge in [-0.15, -0.1) is 12.4 Å². The fourth-order valence-corrected chi connectivity index (χ4v) is 1.86. The van der Waals surface area contributed by atoms with Crippen LogP contribution in [0.15, 0.2) is 18.2 Å². The first-order valence-electron chi connectivity index (χ1n) is 6.23. The van der Waals surface area contributed by atoms with Crippen LogP contribution < -0.4 is 11.1 Å². The highest BCUT2D eigenvalue weighted by Crippen LogP contribution is 2.21. The zero-order valence-corrected chi connectivity index (χ0v) is 12.5. The number of hydrogen-bond acceptors (Lipinski definition) is 3. The predicted octanol–water partition coefficient (Wildman–Crippen LogP) is 2.28. The Morgan fingerprint density at radius 3 is 2.68 bits per heavy atom. The minimum atomic E-state index is -0.223. The lowest BCUT2D eigenvalue weighted by molar-refractivity contribution is -0.118. The Labute approximate surface area is 121 Å². The van der Waals surface area contributed by atoms with Gasteiger partial charge in [-0.2, -0.15) is 0 Å². The minimum Gasteiger partial charge on any atom is -0.380 e. The van der Waals surface area contributed by atoms with Crippen molar-refractivity contribution in [2.45, 2.75) is 32.8 Å². The van der Waals surface area contributed by atoms with Gasteiger partial charge in [0, 0.05) is 19.3 Å². The van der Waals surface area contributed by atoms with E-state index in [4.69, 9.17) is 10.5 Å². The Hall–Kier alpha value is -1.10. The van der Waals surface area contributed by atoms with Crippen LogP contribution in [0.4, 0.5) is 5.69 Å². The van der Waals surface area contributed by atoms with Crippen LogP contribution in [0.5, 0.6) is 0 Å². The minimum absolute atomic E-state index is 0. The van der Waals surface area contributed by atoms with Gasteiger partial charge in [-0.1, -0.05) is 25.1 Å². The maximum Gasteiger partial charge on any atom is 0.227 e. The summed E-state index contributed by atoms with van der Waals surface area (Å²) < 4.78 is 5.11. The largest absolute Gasteiger partial charge is 0.380 e. The molecule has 108 valence electrons. The molecule has 0 radical (unpaired) electrons. The first-order valence-corrected chi connectivity index (χ1v) is 6.23. The van der Waals surface area contributed by atoms with Crippen LogP contribution in [0.3, 0.4) is 0 Å². The summed E-state index contributed by atoms with van der Waals surface area (Å²) in [6.07, 6.45) is 0.950. The van der Waals surface area contributed by atoms with E-state index < -0.39 is 0 Å². The Morgan fingerprint density at radius 2 is 2.16 bits per heavy atom. The summed E-state index contributed by atoms with van der Waals surface area (Å²) in [5.41, 5.74) is 8.64. The Morgan fingerprint density at radius 1 is 1.47 bits per heavy atom. The highest BCUT2D eigenvalue weighted by molar-refractivity contribution is 5.92. The summed E-state index contributed by atoms with van der Waals surface area (Å²) in [5, 5.41) is 2.95. The van der Waals surface area contributed by atoms with Crippen molar-refractivity contribution in [3.63, 3.8) is 0 Å². The molecule has 4 nitrogen and oxygen atoms in total. The van der Waals surface area contributed by atoms with Gasteiger partial charge in [0.05, 0.1) is 12.5 Å². The highest BCUT2D eigenvalue weighted by Gasteiger charge is 2.13. The summed E-state index contributed by atoms with van der Waals surface area (Å²) in [6.45, 7) is 4.41. The van der Waals surface area contributed by atoms with Crippen LogP contribution in [0.1, 0.15) is 24.5 Å². The highest BCUT2D eigenvalue weighted by atomic mass is 35.5. The van der Waals surface area contributed by atoms with Crippen LogP contribution >= 0.6 is 12.4 Å². The van der Waals surface area contributed by atoms with Crippen molar-refractivity contribution >= 4 is 24.0 Å². The van der Waals surface area contributed by atoms with Gasteiger partial charge < -0.3 is 15.8 Å². The van der Waals surface area contributed by atoms with E-state index in [1.807, 2.05) is 25.1 Å². The van der Waals surface area contributed by atoms with Gasteiger partial charge in [-0.05, 0) is 24.5 Å². The number of halogens is 1. The average molecular weight is 287 g/mol. The number of amides is 1. The van der Waals surface area contributed by atoms with Crippen molar-refractivity contribution in [2.24, 2.45) is 5.73 Å². The van der Waals surface area contributed by atoms with E-state index in [9.17, 15) is 4.79 Å². The van der Waals surface area contributed by atoms with Gasteiger partial charge >= 0.3 is 0 Å². The number of para-hydroxylation sites is 1. The molecule has 0 bridgehead atoms. The molecule has 0 spiro atoms. The third kappa shape index (κ3) is 5.19. The topological polar surface area (TPSA) is 64.4 Å². The number of hydrogen-bond donors (Lipinski definition) is 2. The van der Waals surface area contributed by atoms with E-state index in [1.165, 1.54) is 0 Å². The molecule has 0 fully saturated rings. The number of nitrogens with two attached hydrogens (primary N) is 1. The molecule has 1 aromatic rings. The van der Waals surface area contributed by atoms with Crippen molar-refractivity contribution in [3.05, 3.63) is 29.3 Å². The molecular weight excluding hydrogens is 264 g/mol. The Balaban J connectivity index is 0.00000324. The molecule has 19 heavy (non-hydrogen) atoms. The summed E-state index contributed by atoms with van der Waals surface area (Å²) in [6, 6.07) is 6.02. The summed E-state index contributed by atoms with van der Waals surface area (Å²) in [7, 11) is 1.57. The first kappa shape index (κ1) is 17.9. The van der Waals surface area contributed by atoms with Crippen LogP contribution in [-0.2, 0) is 16.0 Å². The molecular formula is C14H23ClN2O2. The van der Waals surface area contributed by atoms with Crippen LogP contribution in [0.25, 0.3) is 0 Å². The SMILES string of the molecule is CCc1cccc(C)c1NC(=O)CC(CN)OC.Cl. The summed E-state index contributed by atoms with van der Waals surface area (Å²) >= 11 is 0. The second-order valence-electron chi connectivity index (χ2n) is 4.31. The predicted molar refractivity (Wildman–Crippen MR) is 80.9 cm³/mol. The number of aryl methyl sites for hydroxylation is 2. The zero-order chi connectivity index (χ0) is 13.5. The van der Waals surface area contributed by atoms with Gasteiger partial charge in [0.25, 0.3) is 0 Å². The van der Waals surface area contributed by atoms with Gasteiger partial charge in [0.15, 0.2) is 0 Å². The van der Waals surface area contributed by atoms with Crippen molar-refractivity contribution < 1.29 is 9.53 Å². The maximum atomic E-state index is 11.9. The van der Waals surface area contributed by atoms with Crippen molar-refractivity contribution in [1.82, 2.24) is 0 Å². The number of rotatable bonds is 6. The van der Waals surface area contributed by atoms with E-state index in [-0.39, 0.29) is 30.8 Å². The van der Waals surface area contributed by atoms with Gasteiger partial charge in [0.1, 0.15) is 0 Å². The lowest BCUT2D eigenvalue weighted by atomic mass is 10.1. The van der Waals surface area contributed by atoms with E-state index >= 15 is 0 Å². The number of anilines is 1. The monoisotopic (exact) mass is 286 g/mol. The second-order valence-corrected chi connectivity index (χ2v) is 4.31. The molecule has 0 heterocycles. The van der Waals surface area contributed by atoms with Crippen molar-refractivity contribution in [3.8, 4) is 0 Å². The smallest absolute Gasteiger partial charge is 0.227 e. The molecule has 5 heteroatoms. The molecule has 0 aromatic heterocycles. The van der Waals surface area contributed by atoms with E-state index in [0.29, 0.717) is 6.54 Å². The molecule has 0 saturated heterocycles. The van der Waals surface area contributed by atoms with E-state index in [1.54, 1.807) is 7.11 Å². The van der Waals surface area contributed by atoms with E-state index in [0.717, 1.165) is 23.2 Å². The van der Waals surface area contributed by atoms with E-state index in [2.05, 4.69) is 12.2 Å². The van der Waals surface area contributed by atoms with Gasteiger partial charge in [-0.25, -0.2) is 0 Å². The molecule has 1 atom stereocenters. The number of nitrogens with one attached hydrogen (secondary N) is 1. The second kappa shape index (κ2) is 8.91. The standard InChI is InChI=1S/C14H22N2O2.ClH/c1-4-11-7-5-6-10(2)14(11)16-13(17)8-12(9-15)18-3;/h5-7,12H,4,8-9,15H2,1-3H3,(H,16,17);1H. The van der Waals surface area contributed by atoms with Gasteiger partial charge in [-0.3, -0.25) is 4.79 Å². The fraction of sp³-hybridized carbons (Fsp3) is 0.500. The Bertz CT molecular complexity index is 406. The number of methoxy groups -OCH3 is 1. The molecule has 0 aliphatic carbocycles. The number of carbonyl (C=O) groups excluding carboxylic acids is 1. The molecule has 1 amide bonds. The average Bonchev–Trinajstić information content (AvgIpc) is 2.38. The van der Waals surface area contributed by atoms with Gasteiger partial charge in [0.2, 0.25) is 5.91 Å². The molecule has 1 aromatic carbocycles. The van der Waals surface area contributed by atoms with Crippen molar-refractivity contribution in [2.75, 3.05) is 19.0 Å². The molecule has 0 aliphatic rings. The fourth-order valence-electron chi connectivity index (χ4n) is 1.86.